The number of phenols is 1. The Hall–Kier alpha value is -6.51. The van der Waals surface area contributed by atoms with E-state index >= 15 is 4.79 Å². The highest BCUT2D eigenvalue weighted by molar-refractivity contribution is 6.33. The number of pyridine rings is 1. The molecule has 2 aromatic heterocycles. The molecule has 11 nitrogen and oxygen atoms in total. The van der Waals surface area contributed by atoms with Crippen molar-refractivity contribution < 1.29 is 41.9 Å². The van der Waals surface area contributed by atoms with E-state index in [2.05, 4.69) is 15.4 Å². The standard InChI is InChI=1S/C45H30Cl2F3N5O6/c46-26-11-9-24(10-12-26)44-32(41(58)55(43(44)60)53-38-33(47)19-25(21-51-38)45(48,49)50)20-31-29(37(44)22-7-15-28(56)16-8-22)17-18-30-36(31)42(59)54(40(30)57)27-13-5-23(6-14-27)39-52-34-3-1-2-4-35(34)61-39/h1-17,19,21,30-32,36-37,56H,18,20H2,(H,51,53)/t30-,31+,32-,36-,37-,44+/m0/s1. The van der Waals surface area contributed by atoms with E-state index in [1.165, 1.54) is 17.0 Å². The molecule has 3 fully saturated rings. The summed E-state index contributed by atoms with van der Waals surface area (Å²) in [5.41, 5.74) is 3.64. The minimum Gasteiger partial charge on any atom is -0.508 e. The number of phenolic OH excluding ortho intramolecular Hbond substituents is 1. The largest absolute Gasteiger partial charge is 0.508 e. The van der Waals surface area contributed by atoms with Gasteiger partial charge >= 0.3 is 6.18 Å². The highest BCUT2D eigenvalue weighted by Gasteiger charge is 2.70. The first kappa shape index (κ1) is 38.7. The first-order chi connectivity index (χ1) is 29.2. The fourth-order valence-corrected chi connectivity index (χ4v) is 10.2. The molecule has 10 rings (SSSR count). The van der Waals surface area contributed by atoms with Gasteiger partial charge < -0.3 is 9.52 Å². The van der Waals surface area contributed by atoms with Crippen LogP contribution in [0.2, 0.25) is 10.0 Å². The van der Waals surface area contributed by atoms with Crippen molar-refractivity contribution >= 4 is 69.4 Å². The number of carbonyl (C=O) groups excluding carboxylic acids is 4. The number of nitrogens with one attached hydrogen (secondary N) is 1. The zero-order valence-electron chi connectivity index (χ0n) is 31.4. The molecule has 4 amide bonds. The molecular formula is C45H30Cl2F3N5O6. The van der Waals surface area contributed by atoms with E-state index in [0.717, 1.165) is 5.01 Å². The van der Waals surface area contributed by atoms with Gasteiger partial charge in [0.25, 0.3) is 11.8 Å². The number of hydrogen-bond acceptors (Lipinski definition) is 9. The summed E-state index contributed by atoms with van der Waals surface area (Å²) in [6.07, 6.45) is -2.23. The van der Waals surface area contributed by atoms with Crippen molar-refractivity contribution in [1.29, 1.82) is 0 Å². The number of aromatic hydroxyl groups is 1. The normalized spacial score (nSPS) is 24.8. The number of hydrazine groups is 1. The number of rotatable bonds is 6. The van der Waals surface area contributed by atoms with Crippen LogP contribution in [0, 0.1) is 23.7 Å². The van der Waals surface area contributed by atoms with E-state index in [0.29, 0.717) is 62.2 Å². The Bertz CT molecular complexity index is 2820. The van der Waals surface area contributed by atoms with E-state index in [9.17, 15) is 32.7 Å². The first-order valence-electron chi connectivity index (χ1n) is 19.2. The maximum Gasteiger partial charge on any atom is 0.417 e. The van der Waals surface area contributed by atoms with Crippen LogP contribution in [-0.4, -0.2) is 43.7 Å². The molecule has 61 heavy (non-hydrogen) atoms. The quantitative estimate of drug-likeness (QED) is 0.124. The Morgan fingerprint density at radius 1 is 0.852 bits per heavy atom. The number of oxazole rings is 1. The number of anilines is 2. The maximum absolute atomic E-state index is 15.3. The number of imide groups is 2. The lowest BCUT2D eigenvalue weighted by molar-refractivity contribution is -0.139. The predicted octanol–water partition coefficient (Wildman–Crippen LogP) is 9.11. The Morgan fingerprint density at radius 2 is 1.57 bits per heavy atom. The number of carbonyl (C=O) groups is 4. The summed E-state index contributed by atoms with van der Waals surface area (Å²) >= 11 is 12.6. The number of benzene rings is 4. The van der Waals surface area contributed by atoms with E-state index in [1.54, 1.807) is 66.7 Å². The topological polar surface area (TPSA) is 146 Å². The second kappa shape index (κ2) is 14.0. The minimum atomic E-state index is -4.76. The number of aromatic nitrogens is 2. The summed E-state index contributed by atoms with van der Waals surface area (Å²) in [6, 6.07) is 27.3. The Balaban J connectivity index is 1.06. The van der Waals surface area contributed by atoms with Crippen LogP contribution in [-0.2, 0) is 30.8 Å². The van der Waals surface area contributed by atoms with Crippen LogP contribution < -0.4 is 10.3 Å². The monoisotopic (exact) mass is 863 g/mol. The van der Waals surface area contributed by atoms with Gasteiger partial charge in [-0.25, -0.2) is 9.97 Å². The van der Waals surface area contributed by atoms with Crippen LogP contribution in [0.1, 0.15) is 35.4 Å². The molecule has 0 unspecified atom stereocenters. The van der Waals surface area contributed by atoms with Crippen molar-refractivity contribution in [3.05, 3.63) is 148 Å². The van der Waals surface area contributed by atoms with Crippen LogP contribution in [0.3, 0.4) is 0 Å². The highest BCUT2D eigenvalue weighted by Crippen LogP contribution is 2.64. The van der Waals surface area contributed by atoms with Crippen LogP contribution in [0.4, 0.5) is 24.7 Å². The molecule has 2 N–H and O–H groups in total. The predicted molar refractivity (Wildman–Crippen MR) is 217 cm³/mol. The van der Waals surface area contributed by atoms with Gasteiger partial charge in [0.05, 0.1) is 39.4 Å². The van der Waals surface area contributed by atoms with Gasteiger partial charge in [0, 0.05) is 22.7 Å². The highest BCUT2D eigenvalue weighted by atomic mass is 35.5. The van der Waals surface area contributed by atoms with E-state index in [1.807, 2.05) is 24.3 Å². The third kappa shape index (κ3) is 5.94. The number of fused-ring (bicyclic) bond motifs is 5. The number of hydrogen-bond donors (Lipinski definition) is 2. The second-order valence-electron chi connectivity index (χ2n) is 15.6. The number of allylic oxidation sites excluding steroid dienone is 2. The molecule has 0 radical (unpaired) electrons. The van der Waals surface area contributed by atoms with Crippen molar-refractivity contribution in [2.24, 2.45) is 23.7 Å². The summed E-state index contributed by atoms with van der Waals surface area (Å²) in [5.74, 6) is -6.95. The summed E-state index contributed by atoms with van der Waals surface area (Å²) in [6.45, 7) is 0. The molecule has 2 aliphatic heterocycles. The molecule has 16 heteroatoms. The third-order valence-corrected chi connectivity index (χ3v) is 13.0. The number of para-hydroxylation sites is 2. The Kier molecular flexibility index (Phi) is 8.90. The van der Waals surface area contributed by atoms with Crippen LogP contribution in [0.15, 0.2) is 125 Å². The van der Waals surface area contributed by atoms with E-state index < -0.39 is 75.4 Å². The molecule has 4 heterocycles. The van der Waals surface area contributed by atoms with Crippen LogP contribution in [0.5, 0.6) is 5.75 Å². The smallest absolute Gasteiger partial charge is 0.417 e. The molecule has 306 valence electrons. The van der Waals surface area contributed by atoms with Crippen molar-refractivity contribution in [3.63, 3.8) is 0 Å². The second-order valence-corrected chi connectivity index (χ2v) is 16.4. The maximum atomic E-state index is 15.3. The molecule has 0 spiro atoms. The van der Waals surface area contributed by atoms with Gasteiger partial charge in [0.2, 0.25) is 17.7 Å². The van der Waals surface area contributed by atoms with Gasteiger partial charge in [-0.1, -0.05) is 71.2 Å². The molecule has 2 aliphatic carbocycles. The zero-order valence-corrected chi connectivity index (χ0v) is 32.9. The number of halogens is 5. The summed E-state index contributed by atoms with van der Waals surface area (Å²) in [5, 5.41) is 11.0. The van der Waals surface area contributed by atoms with E-state index in [-0.39, 0.29) is 24.4 Å². The molecule has 2 saturated heterocycles. The molecule has 0 bridgehead atoms. The molecule has 6 atom stereocenters. The fraction of sp³-hybridized carbons (Fsp3) is 0.200. The number of alkyl halides is 3. The SMILES string of the molecule is O=C1[C@@H]2C[C@@H]3C(=CC[C@@H]4C(=O)N(c5ccc(-c6nc7ccccc7o6)cc5)C(=O)[C@@H]43)[C@H](c3ccc(O)cc3)[C@]2(c2ccc(Cl)cc2)C(=O)N1Nc1ncc(C(F)(F)F)cc1Cl. The van der Waals surface area contributed by atoms with Gasteiger partial charge in [-0.15, -0.1) is 0 Å². The number of amides is 4. The number of nitrogens with zero attached hydrogens (tertiary/aromatic N) is 4. The Morgan fingerprint density at radius 3 is 2.26 bits per heavy atom. The van der Waals surface area contributed by atoms with Crippen molar-refractivity contribution in [3.8, 4) is 17.2 Å². The van der Waals surface area contributed by atoms with Gasteiger partial charge in [0.1, 0.15) is 11.3 Å². The lowest BCUT2D eigenvalue weighted by Crippen LogP contribution is -2.53. The lowest BCUT2D eigenvalue weighted by Gasteiger charge is -2.50. The van der Waals surface area contributed by atoms with Crippen LogP contribution in [0.25, 0.3) is 22.6 Å². The van der Waals surface area contributed by atoms with Crippen molar-refractivity contribution in [1.82, 2.24) is 15.0 Å². The van der Waals surface area contributed by atoms with Gasteiger partial charge in [-0.3, -0.25) is 29.5 Å². The summed E-state index contributed by atoms with van der Waals surface area (Å²) < 4.78 is 46.5. The summed E-state index contributed by atoms with van der Waals surface area (Å²) in [4.78, 5) is 68.8. The molecular weight excluding hydrogens is 834 g/mol. The minimum absolute atomic E-state index is 0.0509. The molecule has 4 aliphatic rings. The average Bonchev–Trinajstić information content (AvgIpc) is 3.86. The Labute approximate surface area is 354 Å². The van der Waals surface area contributed by atoms with Gasteiger partial charge in [-0.05, 0) is 96.6 Å². The van der Waals surface area contributed by atoms with Gasteiger partial charge in [0.15, 0.2) is 11.4 Å². The zero-order chi connectivity index (χ0) is 42.5. The average molecular weight is 865 g/mol. The van der Waals surface area contributed by atoms with Crippen molar-refractivity contribution in [2.45, 2.75) is 30.4 Å². The van der Waals surface area contributed by atoms with Crippen LogP contribution >= 0.6 is 23.2 Å². The third-order valence-electron chi connectivity index (χ3n) is 12.5. The van der Waals surface area contributed by atoms with Crippen molar-refractivity contribution in [2.75, 3.05) is 10.3 Å². The molecule has 6 aromatic rings. The summed E-state index contributed by atoms with van der Waals surface area (Å²) in [7, 11) is 0. The molecule has 4 aromatic carbocycles. The fourth-order valence-electron chi connectivity index (χ4n) is 9.83. The van der Waals surface area contributed by atoms with E-state index in [4.69, 9.17) is 27.6 Å². The molecule has 1 saturated carbocycles. The lowest BCUT2D eigenvalue weighted by atomic mass is 9.49. The van der Waals surface area contributed by atoms with Gasteiger partial charge in [-0.2, -0.15) is 18.2 Å². The first-order valence-corrected chi connectivity index (χ1v) is 20.0.